The minimum absolute atomic E-state index is 0.0685. The molecule has 0 rings (SSSR count). The van der Waals surface area contributed by atoms with E-state index in [9.17, 15) is 0 Å². The second-order valence-corrected chi connectivity index (χ2v) is 6.08. The van der Waals surface area contributed by atoms with Gasteiger partial charge in [-0.2, -0.15) is 0 Å². The Kier molecular flexibility index (Phi) is 8.83. The number of hydrogen-bond acceptors (Lipinski definition) is 0. The van der Waals surface area contributed by atoms with Gasteiger partial charge in [-0.15, -0.1) is 0 Å². The zero-order valence-corrected chi connectivity index (χ0v) is 10.7. The van der Waals surface area contributed by atoms with Crippen LogP contribution in [0.2, 0.25) is 5.76 Å². The van der Waals surface area contributed by atoms with Crippen LogP contribution in [0, 0.1) is 0 Å². The fourth-order valence-corrected chi connectivity index (χ4v) is 3.58. The molecule has 0 heterocycles. The van der Waals surface area contributed by atoms with E-state index in [4.69, 9.17) is 0 Å². The van der Waals surface area contributed by atoms with Crippen molar-refractivity contribution in [2.75, 3.05) is 0 Å². The maximum atomic E-state index is 2.44. The molecule has 0 amide bonds. The first-order valence-corrected chi connectivity index (χ1v) is 8.62. The Bertz CT molecular complexity index is 105. The zero-order valence-electron chi connectivity index (χ0n) is 8.32. The third-order valence-corrected chi connectivity index (χ3v) is 5.01. The van der Waals surface area contributed by atoms with Gasteiger partial charge in [-0.1, -0.05) is 0 Å². The Morgan fingerprint density at radius 2 is 1.73 bits per heavy atom. The van der Waals surface area contributed by atoms with Gasteiger partial charge in [0.15, 0.2) is 0 Å². The van der Waals surface area contributed by atoms with Gasteiger partial charge >= 0.3 is 77.5 Å². The molecular weight excluding hydrogens is 193 g/mol. The molecule has 11 heavy (non-hydrogen) atoms. The topological polar surface area (TPSA) is 0 Å². The fraction of sp³-hybridized carbons (Fsp3) is 0.900. The predicted octanol–water partition coefficient (Wildman–Crippen LogP) is 3.02. The molecule has 0 aliphatic heterocycles. The summed E-state index contributed by atoms with van der Waals surface area (Å²) in [5.74, 6) is 2.44. The second kappa shape index (κ2) is 8.51. The van der Waals surface area contributed by atoms with Crippen molar-refractivity contribution in [2.24, 2.45) is 0 Å². The Labute approximate surface area is 77.8 Å². The molecule has 0 N–H and O–H groups in total. The van der Waals surface area contributed by atoms with Crippen molar-refractivity contribution in [3.63, 3.8) is 0 Å². The Hall–Kier alpha value is 0.413. The summed E-state index contributed by atoms with van der Waals surface area (Å²) in [6.45, 7) is 4.58. The molecule has 0 spiro atoms. The van der Waals surface area contributed by atoms with Crippen molar-refractivity contribution in [3.8, 4) is 0 Å². The van der Waals surface area contributed by atoms with Gasteiger partial charge in [0.2, 0.25) is 0 Å². The quantitative estimate of drug-likeness (QED) is 0.471. The van der Waals surface area contributed by atoms with Crippen molar-refractivity contribution >= 4 is 19.3 Å². The standard InChI is InChI=1S/C10H22Ge/c1-4-6-7-9-10(11-3)8-5-2/h11H,4-9H2,1-3H3. The first kappa shape index (κ1) is 11.4. The Morgan fingerprint density at radius 1 is 1.00 bits per heavy atom. The van der Waals surface area contributed by atoms with E-state index in [1.54, 1.807) is 0 Å². The molecule has 0 atom stereocenters. The second-order valence-electron chi connectivity index (χ2n) is 3.15. The molecule has 1 heteroatoms. The first-order valence-electron chi connectivity index (χ1n) is 4.99. The van der Waals surface area contributed by atoms with Gasteiger partial charge in [0.1, 0.15) is 0 Å². The van der Waals surface area contributed by atoms with Crippen LogP contribution in [0.1, 0.15) is 52.4 Å². The minimum atomic E-state index is 0.0685. The van der Waals surface area contributed by atoms with Crippen LogP contribution in [0.3, 0.4) is 0 Å². The fourth-order valence-electron chi connectivity index (χ4n) is 1.34. The van der Waals surface area contributed by atoms with Crippen LogP contribution < -0.4 is 0 Å². The van der Waals surface area contributed by atoms with Gasteiger partial charge in [-0.05, 0) is 0 Å². The van der Waals surface area contributed by atoms with Crippen LogP contribution in [0.5, 0.6) is 0 Å². The SMILES string of the molecule is CCCCC[C](CCC)=[GeH][CH3]. The molecule has 66 valence electrons. The molecule has 0 saturated heterocycles. The molecule has 0 unspecified atom stereocenters. The molecular formula is C10H22Ge. The van der Waals surface area contributed by atoms with E-state index in [2.05, 4.69) is 19.6 Å². The summed E-state index contributed by atoms with van der Waals surface area (Å²) in [7, 11) is 0. The van der Waals surface area contributed by atoms with Crippen molar-refractivity contribution in [3.05, 3.63) is 0 Å². The predicted molar refractivity (Wildman–Crippen MR) is 57.1 cm³/mol. The molecule has 0 fully saturated rings. The van der Waals surface area contributed by atoms with Gasteiger partial charge in [-0.25, -0.2) is 0 Å². The van der Waals surface area contributed by atoms with Crippen LogP contribution in [0.4, 0.5) is 0 Å². The van der Waals surface area contributed by atoms with Gasteiger partial charge in [0, 0.05) is 0 Å². The van der Waals surface area contributed by atoms with E-state index in [1.807, 2.05) is 4.35 Å². The van der Waals surface area contributed by atoms with E-state index in [1.165, 1.54) is 38.5 Å². The summed E-state index contributed by atoms with van der Waals surface area (Å²) < 4.78 is 1.93. The van der Waals surface area contributed by atoms with Crippen molar-refractivity contribution < 1.29 is 0 Å². The molecule has 0 aliphatic rings. The summed E-state index contributed by atoms with van der Waals surface area (Å²) in [6, 6.07) is 0. The van der Waals surface area contributed by atoms with E-state index < -0.39 is 0 Å². The maximum absolute atomic E-state index is 2.44. The van der Waals surface area contributed by atoms with Crippen LogP contribution in [0.25, 0.3) is 0 Å². The van der Waals surface area contributed by atoms with Crippen LogP contribution in [0.15, 0.2) is 0 Å². The van der Waals surface area contributed by atoms with Gasteiger partial charge in [0.05, 0.1) is 0 Å². The molecule has 0 aliphatic carbocycles. The number of unbranched alkanes of at least 4 members (excludes halogenated alkanes) is 2. The van der Waals surface area contributed by atoms with Gasteiger partial charge < -0.3 is 0 Å². The van der Waals surface area contributed by atoms with Crippen LogP contribution >= 0.6 is 0 Å². The first-order chi connectivity index (χ1) is 5.35. The summed E-state index contributed by atoms with van der Waals surface area (Å²) >= 11 is 0.0685. The number of rotatable bonds is 6. The molecule has 0 radical (unpaired) electrons. The number of hydrogen-bond donors (Lipinski definition) is 0. The van der Waals surface area contributed by atoms with Crippen molar-refractivity contribution in [1.82, 2.24) is 0 Å². The van der Waals surface area contributed by atoms with Crippen molar-refractivity contribution in [1.29, 1.82) is 0 Å². The van der Waals surface area contributed by atoms with Crippen LogP contribution in [-0.2, 0) is 0 Å². The van der Waals surface area contributed by atoms with E-state index in [0.717, 1.165) is 0 Å². The van der Waals surface area contributed by atoms with Gasteiger partial charge in [0.25, 0.3) is 0 Å². The molecule has 0 aromatic rings. The van der Waals surface area contributed by atoms with E-state index in [0.29, 0.717) is 0 Å². The van der Waals surface area contributed by atoms with Crippen LogP contribution in [-0.4, -0.2) is 19.3 Å². The normalized spacial score (nSPS) is 12.1. The molecule has 0 bridgehead atoms. The molecule has 0 nitrogen and oxygen atoms in total. The third kappa shape index (κ3) is 6.80. The van der Waals surface area contributed by atoms with Gasteiger partial charge in [-0.3, -0.25) is 0 Å². The average Bonchev–Trinajstić information content (AvgIpc) is 2.03. The molecule has 0 saturated carbocycles. The van der Waals surface area contributed by atoms with Crippen molar-refractivity contribution in [2.45, 2.75) is 58.1 Å². The van der Waals surface area contributed by atoms with E-state index >= 15 is 0 Å². The summed E-state index contributed by atoms with van der Waals surface area (Å²) in [6.07, 6.45) is 8.51. The Balaban J connectivity index is 3.37. The zero-order chi connectivity index (χ0) is 8.53. The third-order valence-electron chi connectivity index (χ3n) is 2.08. The molecule has 0 aromatic heterocycles. The summed E-state index contributed by atoms with van der Waals surface area (Å²) in [4.78, 5) is 0. The summed E-state index contributed by atoms with van der Waals surface area (Å²) in [5.41, 5.74) is 0. The molecule has 0 aromatic carbocycles. The average molecular weight is 215 g/mol. The summed E-state index contributed by atoms with van der Waals surface area (Å²) in [5, 5.41) is 0. The monoisotopic (exact) mass is 216 g/mol. The Morgan fingerprint density at radius 3 is 2.18 bits per heavy atom. The van der Waals surface area contributed by atoms with E-state index in [-0.39, 0.29) is 15.0 Å².